The van der Waals surface area contributed by atoms with Gasteiger partial charge in [0.05, 0.1) is 0 Å². The van der Waals surface area contributed by atoms with Crippen molar-refractivity contribution < 1.29 is 19.4 Å². The molecule has 0 aliphatic carbocycles. The summed E-state index contributed by atoms with van der Waals surface area (Å²) in [7, 11) is 0. The van der Waals surface area contributed by atoms with Crippen molar-refractivity contribution in [3.63, 3.8) is 0 Å². The van der Waals surface area contributed by atoms with E-state index in [0.717, 1.165) is 31.2 Å². The molecule has 1 atom stereocenters. The van der Waals surface area contributed by atoms with Gasteiger partial charge in [0.2, 0.25) is 0 Å². The smallest absolute Gasteiger partial charge is 0.377 e. The van der Waals surface area contributed by atoms with Gasteiger partial charge in [0.15, 0.2) is 0 Å². The van der Waals surface area contributed by atoms with E-state index in [4.69, 9.17) is 4.74 Å². The van der Waals surface area contributed by atoms with Gasteiger partial charge in [0.1, 0.15) is 12.7 Å². The first kappa shape index (κ1) is 16.4. The Kier molecular flexibility index (Phi) is 7.58. The normalized spacial score (nSPS) is 11.9. The first-order valence-electron chi connectivity index (χ1n) is 7.08. The summed E-state index contributed by atoms with van der Waals surface area (Å²) >= 11 is 0. The van der Waals surface area contributed by atoms with Gasteiger partial charge in [0, 0.05) is 0 Å². The highest BCUT2D eigenvalue weighted by atomic mass is 16.5. The largest absolute Gasteiger partial charge is 0.455 e. The molecule has 1 N–H and O–H groups in total. The van der Waals surface area contributed by atoms with Crippen molar-refractivity contribution in [3.8, 4) is 0 Å². The predicted molar refractivity (Wildman–Crippen MR) is 76.0 cm³/mol. The summed E-state index contributed by atoms with van der Waals surface area (Å²) in [6.45, 7) is 2.14. The molecule has 1 rings (SSSR count). The van der Waals surface area contributed by atoms with Gasteiger partial charge >= 0.3 is 5.97 Å². The molecule has 4 heteroatoms. The van der Waals surface area contributed by atoms with Crippen molar-refractivity contribution in [2.75, 3.05) is 0 Å². The predicted octanol–water partition coefficient (Wildman–Crippen LogP) is 2.63. The minimum absolute atomic E-state index is 0.0496. The number of Topliss-reactive ketones (excluding diaryl/α,β-unsaturated/α-hetero) is 1. The van der Waals surface area contributed by atoms with Crippen LogP contribution in [-0.2, 0) is 20.9 Å². The molecule has 0 fully saturated rings. The molecule has 1 aromatic rings. The molecule has 0 saturated heterocycles. The number of aliphatic hydroxyl groups excluding tert-OH is 1. The van der Waals surface area contributed by atoms with Crippen LogP contribution in [0.2, 0.25) is 0 Å². The molecule has 0 radical (unpaired) electrons. The number of esters is 1. The van der Waals surface area contributed by atoms with Gasteiger partial charge in [-0.05, 0) is 12.0 Å². The molecule has 0 aliphatic heterocycles. The second-order valence-corrected chi connectivity index (χ2v) is 4.79. The van der Waals surface area contributed by atoms with Crippen LogP contribution in [0.1, 0.15) is 44.6 Å². The lowest BCUT2D eigenvalue weighted by Gasteiger charge is -2.09. The Bertz CT molecular complexity index is 414. The van der Waals surface area contributed by atoms with Crippen LogP contribution < -0.4 is 0 Å². The molecule has 4 nitrogen and oxygen atoms in total. The SMILES string of the molecule is CCCCCCC(O)C(=O)C(=O)OCc1ccccc1. The summed E-state index contributed by atoms with van der Waals surface area (Å²) < 4.78 is 4.89. The van der Waals surface area contributed by atoms with E-state index in [1.54, 1.807) is 12.1 Å². The standard InChI is InChI=1S/C16H22O4/c1-2-3-4-8-11-14(17)15(18)16(19)20-12-13-9-6-5-7-10-13/h5-7,9-10,14,17H,2-4,8,11-12H2,1H3. The van der Waals surface area contributed by atoms with Crippen molar-refractivity contribution in [2.45, 2.75) is 51.7 Å². The van der Waals surface area contributed by atoms with Crippen molar-refractivity contribution in [3.05, 3.63) is 35.9 Å². The lowest BCUT2D eigenvalue weighted by atomic mass is 10.1. The number of carbonyl (C=O) groups excluding carboxylic acids is 2. The molecule has 0 amide bonds. The van der Waals surface area contributed by atoms with Crippen molar-refractivity contribution in [1.82, 2.24) is 0 Å². The average molecular weight is 278 g/mol. The number of aliphatic hydroxyl groups is 1. The third kappa shape index (κ3) is 5.97. The van der Waals surface area contributed by atoms with Gasteiger partial charge < -0.3 is 9.84 Å². The molecule has 0 heterocycles. The monoisotopic (exact) mass is 278 g/mol. The maximum Gasteiger partial charge on any atom is 0.377 e. The quantitative estimate of drug-likeness (QED) is 0.428. The molecular weight excluding hydrogens is 256 g/mol. The lowest BCUT2D eigenvalue weighted by Crippen LogP contribution is -2.30. The third-order valence-electron chi connectivity index (χ3n) is 3.05. The summed E-state index contributed by atoms with van der Waals surface area (Å²) in [5, 5.41) is 9.63. The minimum atomic E-state index is -1.24. The van der Waals surface area contributed by atoms with E-state index >= 15 is 0 Å². The molecule has 1 unspecified atom stereocenters. The summed E-state index contributed by atoms with van der Waals surface area (Å²) in [5.74, 6) is -1.81. The molecule has 0 aromatic heterocycles. The second kappa shape index (κ2) is 9.26. The topological polar surface area (TPSA) is 63.6 Å². The number of unbranched alkanes of at least 4 members (excludes halogenated alkanes) is 3. The highest BCUT2D eigenvalue weighted by molar-refractivity contribution is 6.35. The maximum absolute atomic E-state index is 11.6. The first-order valence-corrected chi connectivity index (χ1v) is 7.08. The van der Waals surface area contributed by atoms with Crippen LogP contribution in [0.4, 0.5) is 0 Å². The van der Waals surface area contributed by atoms with Crippen LogP contribution in [0, 0.1) is 0 Å². The average Bonchev–Trinajstić information content (AvgIpc) is 2.49. The molecule has 0 aliphatic rings. The number of hydrogen-bond donors (Lipinski definition) is 1. The molecule has 0 saturated carbocycles. The number of carbonyl (C=O) groups is 2. The summed E-state index contributed by atoms with van der Waals surface area (Å²) in [6, 6.07) is 9.12. The van der Waals surface area contributed by atoms with Crippen LogP contribution in [0.25, 0.3) is 0 Å². The molecular formula is C16H22O4. The van der Waals surface area contributed by atoms with E-state index in [2.05, 4.69) is 6.92 Å². The number of ketones is 1. The first-order chi connectivity index (χ1) is 9.65. The summed E-state index contributed by atoms with van der Waals surface area (Å²) in [5.41, 5.74) is 0.811. The highest BCUT2D eigenvalue weighted by Gasteiger charge is 2.24. The fourth-order valence-electron chi connectivity index (χ4n) is 1.83. The van der Waals surface area contributed by atoms with Gasteiger partial charge in [-0.2, -0.15) is 0 Å². The van der Waals surface area contributed by atoms with E-state index in [1.165, 1.54) is 0 Å². The zero-order chi connectivity index (χ0) is 14.8. The fraction of sp³-hybridized carbons (Fsp3) is 0.500. The van der Waals surface area contributed by atoms with Crippen LogP contribution in [0.15, 0.2) is 30.3 Å². The van der Waals surface area contributed by atoms with Crippen LogP contribution in [0.3, 0.4) is 0 Å². The Morgan fingerprint density at radius 3 is 2.50 bits per heavy atom. The highest BCUT2D eigenvalue weighted by Crippen LogP contribution is 2.08. The van der Waals surface area contributed by atoms with Crippen molar-refractivity contribution in [1.29, 1.82) is 0 Å². The third-order valence-corrected chi connectivity index (χ3v) is 3.05. The number of ether oxygens (including phenoxy) is 1. The van der Waals surface area contributed by atoms with Gasteiger partial charge in [-0.15, -0.1) is 0 Å². The van der Waals surface area contributed by atoms with Gasteiger partial charge in [-0.25, -0.2) is 4.79 Å². The zero-order valence-corrected chi connectivity index (χ0v) is 11.9. The van der Waals surface area contributed by atoms with E-state index in [-0.39, 0.29) is 6.61 Å². The fourth-order valence-corrected chi connectivity index (χ4v) is 1.83. The molecule has 0 bridgehead atoms. The zero-order valence-electron chi connectivity index (χ0n) is 11.9. The van der Waals surface area contributed by atoms with Crippen molar-refractivity contribution in [2.24, 2.45) is 0 Å². The van der Waals surface area contributed by atoms with Crippen LogP contribution in [-0.4, -0.2) is 23.0 Å². The summed E-state index contributed by atoms with van der Waals surface area (Å²) in [6.07, 6.45) is 2.93. The second-order valence-electron chi connectivity index (χ2n) is 4.79. The van der Waals surface area contributed by atoms with Gasteiger partial charge in [-0.3, -0.25) is 4.79 Å². The lowest BCUT2D eigenvalue weighted by molar-refractivity contribution is -0.158. The van der Waals surface area contributed by atoms with Crippen LogP contribution >= 0.6 is 0 Å². The molecule has 20 heavy (non-hydrogen) atoms. The van der Waals surface area contributed by atoms with E-state index in [0.29, 0.717) is 6.42 Å². The summed E-state index contributed by atoms with van der Waals surface area (Å²) in [4.78, 5) is 23.1. The van der Waals surface area contributed by atoms with E-state index < -0.39 is 17.9 Å². The molecule has 1 aromatic carbocycles. The van der Waals surface area contributed by atoms with E-state index in [9.17, 15) is 14.7 Å². The van der Waals surface area contributed by atoms with Gasteiger partial charge in [0.25, 0.3) is 5.78 Å². The Morgan fingerprint density at radius 1 is 1.15 bits per heavy atom. The Labute approximate surface area is 119 Å². The number of rotatable bonds is 9. The maximum atomic E-state index is 11.6. The molecule has 110 valence electrons. The molecule has 0 spiro atoms. The van der Waals surface area contributed by atoms with E-state index in [1.807, 2.05) is 18.2 Å². The Hall–Kier alpha value is -1.68. The van der Waals surface area contributed by atoms with Crippen molar-refractivity contribution >= 4 is 11.8 Å². The Morgan fingerprint density at radius 2 is 1.85 bits per heavy atom. The van der Waals surface area contributed by atoms with Gasteiger partial charge in [-0.1, -0.05) is 62.9 Å². The minimum Gasteiger partial charge on any atom is -0.455 e. The number of benzene rings is 1. The number of hydrogen-bond acceptors (Lipinski definition) is 4. The Balaban J connectivity index is 2.29. The van der Waals surface area contributed by atoms with Crippen LogP contribution in [0.5, 0.6) is 0 Å².